The van der Waals surface area contributed by atoms with Crippen molar-refractivity contribution in [1.82, 2.24) is 14.9 Å². The molecule has 0 bridgehead atoms. The largest absolute Gasteiger partial charge is 0.481 e. The third-order valence-electron chi connectivity index (χ3n) is 5.63. The molecule has 28 heavy (non-hydrogen) atoms. The number of pyridine rings is 2. The van der Waals surface area contributed by atoms with E-state index in [0.717, 1.165) is 30.4 Å². The lowest BCUT2D eigenvalue weighted by molar-refractivity contribution is -0.112. The van der Waals surface area contributed by atoms with E-state index < -0.39 is 5.82 Å². The van der Waals surface area contributed by atoms with Crippen LogP contribution >= 0.6 is 0 Å². The highest BCUT2D eigenvalue weighted by atomic mass is 19.1. The van der Waals surface area contributed by atoms with Gasteiger partial charge in [-0.2, -0.15) is 0 Å². The molecule has 1 saturated carbocycles. The van der Waals surface area contributed by atoms with E-state index in [2.05, 4.69) is 9.88 Å². The van der Waals surface area contributed by atoms with E-state index in [1.807, 2.05) is 0 Å². The van der Waals surface area contributed by atoms with Crippen molar-refractivity contribution in [3.8, 4) is 17.0 Å². The van der Waals surface area contributed by atoms with Gasteiger partial charge in [-0.25, -0.2) is 9.37 Å². The van der Waals surface area contributed by atoms with Gasteiger partial charge in [0.2, 0.25) is 5.88 Å². The van der Waals surface area contributed by atoms with Crippen molar-refractivity contribution in [2.45, 2.75) is 31.5 Å². The summed E-state index contributed by atoms with van der Waals surface area (Å²) in [5, 5.41) is 0.630. The van der Waals surface area contributed by atoms with Gasteiger partial charge >= 0.3 is 0 Å². The number of ether oxygens (including phenoxy) is 1. The Labute approximate surface area is 161 Å². The Kier molecular flexibility index (Phi) is 3.80. The number of fused-ring (bicyclic) bond motifs is 2. The third kappa shape index (κ3) is 2.39. The second kappa shape index (κ2) is 6.24. The number of nitrogens with zero attached hydrogens (tertiary/aromatic N) is 3. The second-order valence-corrected chi connectivity index (χ2v) is 7.25. The lowest BCUT2D eigenvalue weighted by atomic mass is 9.97. The number of benzene rings is 1. The van der Waals surface area contributed by atoms with Crippen LogP contribution in [0.1, 0.15) is 30.1 Å². The van der Waals surface area contributed by atoms with Crippen LogP contribution in [0.15, 0.2) is 30.5 Å². The van der Waals surface area contributed by atoms with Crippen LogP contribution in [-0.2, 0) is 11.3 Å². The first-order valence-corrected chi connectivity index (χ1v) is 9.25. The molecule has 1 aliphatic carbocycles. The lowest BCUT2D eigenvalue weighted by Gasteiger charge is -2.20. The second-order valence-electron chi connectivity index (χ2n) is 7.25. The fourth-order valence-corrected chi connectivity index (χ4v) is 4.19. The topological polar surface area (TPSA) is 81.3 Å². The van der Waals surface area contributed by atoms with Crippen LogP contribution in [0.3, 0.4) is 0 Å². The summed E-state index contributed by atoms with van der Waals surface area (Å²) < 4.78 is 20.3. The molecular formula is C21H19FN4O2. The van der Waals surface area contributed by atoms with Gasteiger partial charge in [-0.1, -0.05) is 0 Å². The van der Waals surface area contributed by atoms with Crippen molar-refractivity contribution in [3.63, 3.8) is 0 Å². The number of rotatable bonds is 4. The SMILES string of the molecule is COc1ncccc1-c1c(F)ccc2c(N)c3c(nc12)CN(C1CC1)C3C=O. The molecule has 0 amide bonds. The molecule has 142 valence electrons. The minimum atomic E-state index is -0.422. The Morgan fingerprint density at radius 3 is 2.86 bits per heavy atom. The minimum absolute atomic E-state index is 0.310. The molecule has 3 aromatic rings. The summed E-state index contributed by atoms with van der Waals surface area (Å²) in [7, 11) is 1.50. The van der Waals surface area contributed by atoms with Gasteiger partial charge in [0.15, 0.2) is 0 Å². The van der Waals surface area contributed by atoms with E-state index in [0.29, 0.717) is 46.2 Å². The number of methoxy groups -OCH3 is 1. The standard InChI is InChI=1S/C21H19FN4O2/c1-28-21-12(3-2-8-24-21)17-14(22)7-6-13-19(23)18-15(25-20(13)17)9-26(11-4-5-11)16(18)10-27/h2-3,6-8,10-11,16H,4-5,9H2,1H3,(H2,23,25). The third-order valence-corrected chi connectivity index (χ3v) is 5.63. The molecular weight excluding hydrogens is 359 g/mol. The summed E-state index contributed by atoms with van der Waals surface area (Å²) in [6, 6.07) is 6.48. The predicted octanol–water partition coefficient (Wildman–Crippen LogP) is 3.24. The highest BCUT2D eigenvalue weighted by Gasteiger charge is 2.42. The fraction of sp³-hybridized carbons (Fsp3) is 0.286. The number of anilines is 1. The molecule has 1 aromatic carbocycles. The van der Waals surface area contributed by atoms with Crippen molar-refractivity contribution in [1.29, 1.82) is 0 Å². The average Bonchev–Trinajstić information content (AvgIpc) is 3.48. The molecule has 0 spiro atoms. The highest BCUT2D eigenvalue weighted by Crippen LogP contribution is 2.46. The number of aldehydes is 1. The molecule has 7 heteroatoms. The van der Waals surface area contributed by atoms with E-state index in [-0.39, 0.29) is 6.04 Å². The lowest BCUT2D eigenvalue weighted by Crippen LogP contribution is -2.25. The number of nitrogen functional groups attached to an aromatic ring is 1. The maximum atomic E-state index is 14.9. The molecule has 6 nitrogen and oxygen atoms in total. The van der Waals surface area contributed by atoms with Gasteiger partial charge in [0, 0.05) is 46.5 Å². The zero-order valence-electron chi connectivity index (χ0n) is 15.4. The van der Waals surface area contributed by atoms with Crippen LogP contribution < -0.4 is 10.5 Å². The molecule has 2 N–H and O–H groups in total. The summed E-state index contributed by atoms with van der Waals surface area (Å²) in [4.78, 5) is 22.9. The van der Waals surface area contributed by atoms with Crippen molar-refractivity contribution in [2.75, 3.05) is 12.8 Å². The summed E-state index contributed by atoms with van der Waals surface area (Å²) in [6.07, 6.45) is 4.67. The number of halogens is 1. The van der Waals surface area contributed by atoms with Crippen LogP contribution in [-0.4, -0.2) is 34.3 Å². The zero-order chi connectivity index (χ0) is 19.4. The molecule has 0 saturated heterocycles. The number of nitrogens with two attached hydrogens (primary N) is 1. The fourth-order valence-electron chi connectivity index (χ4n) is 4.19. The highest BCUT2D eigenvalue weighted by molar-refractivity contribution is 6.02. The molecule has 5 rings (SSSR count). The maximum absolute atomic E-state index is 14.9. The summed E-state index contributed by atoms with van der Waals surface area (Å²) in [5.41, 5.74) is 9.77. The Hall–Kier alpha value is -3.06. The van der Waals surface area contributed by atoms with E-state index >= 15 is 0 Å². The maximum Gasteiger partial charge on any atom is 0.221 e. The minimum Gasteiger partial charge on any atom is -0.481 e. The van der Waals surface area contributed by atoms with E-state index in [1.165, 1.54) is 13.2 Å². The molecule has 1 aliphatic heterocycles. The van der Waals surface area contributed by atoms with Crippen molar-refractivity contribution >= 4 is 22.9 Å². The van der Waals surface area contributed by atoms with Gasteiger partial charge in [0.25, 0.3) is 0 Å². The normalized spacial score (nSPS) is 19.0. The number of carbonyl (C=O) groups excluding carboxylic acids is 1. The number of hydrogen-bond acceptors (Lipinski definition) is 6. The summed E-state index contributed by atoms with van der Waals surface area (Å²) in [5.74, 6) is -0.102. The predicted molar refractivity (Wildman–Crippen MR) is 103 cm³/mol. The van der Waals surface area contributed by atoms with Crippen molar-refractivity contribution < 1.29 is 13.9 Å². The first-order valence-electron chi connectivity index (χ1n) is 9.25. The smallest absolute Gasteiger partial charge is 0.221 e. The quantitative estimate of drug-likeness (QED) is 0.702. The zero-order valence-corrected chi connectivity index (χ0v) is 15.4. The van der Waals surface area contributed by atoms with Crippen molar-refractivity contribution in [3.05, 3.63) is 47.5 Å². The average molecular weight is 378 g/mol. The van der Waals surface area contributed by atoms with Crippen LogP contribution in [0.25, 0.3) is 22.0 Å². The summed E-state index contributed by atoms with van der Waals surface area (Å²) >= 11 is 0. The molecule has 0 radical (unpaired) electrons. The van der Waals surface area contributed by atoms with Gasteiger partial charge in [0.05, 0.1) is 24.4 Å². The monoisotopic (exact) mass is 378 g/mol. The van der Waals surface area contributed by atoms with Crippen LogP contribution in [0.4, 0.5) is 10.1 Å². The van der Waals surface area contributed by atoms with Gasteiger partial charge in [-0.05, 0) is 37.1 Å². The molecule has 1 unspecified atom stereocenters. The van der Waals surface area contributed by atoms with E-state index in [1.54, 1.807) is 24.4 Å². The van der Waals surface area contributed by atoms with E-state index in [4.69, 9.17) is 15.5 Å². The van der Waals surface area contributed by atoms with Crippen LogP contribution in [0.5, 0.6) is 5.88 Å². The van der Waals surface area contributed by atoms with Crippen LogP contribution in [0, 0.1) is 5.82 Å². The Bertz CT molecular complexity index is 1110. The number of aromatic nitrogens is 2. The van der Waals surface area contributed by atoms with Gasteiger partial charge in [-0.3, -0.25) is 9.88 Å². The Balaban J connectivity index is 1.79. The molecule has 3 heterocycles. The molecule has 1 atom stereocenters. The number of carbonyl (C=O) groups is 1. The van der Waals surface area contributed by atoms with Gasteiger partial charge in [-0.15, -0.1) is 0 Å². The number of hydrogen-bond donors (Lipinski definition) is 1. The molecule has 2 aliphatic rings. The Morgan fingerprint density at radius 2 is 2.14 bits per heavy atom. The van der Waals surface area contributed by atoms with E-state index in [9.17, 15) is 9.18 Å². The molecule has 1 fully saturated rings. The molecule has 2 aromatic heterocycles. The van der Waals surface area contributed by atoms with Gasteiger partial charge in [0.1, 0.15) is 12.1 Å². The summed E-state index contributed by atoms with van der Waals surface area (Å²) in [6.45, 7) is 0.545. The van der Waals surface area contributed by atoms with Crippen LogP contribution in [0.2, 0.25) is 0 Å². The first kappa shape index (κ1) is 17.1. The first-order chi connectivity index (χ1) is 13.6. The van der Waals surface area contributed by atoms with Crippen molar-refractivity contribution in [2.24, 2.45) is 0 Å². The van der Waals surface area contributed by atoms with Gasteiger partial charge < -0.3 is 15.3 Å². The Morgan fingerprint density at radius 1 is 1.32 bits per heavy atom.